The molecule has 0 radical (unpaired) electrons. The molecule has 1 aromatic rings. The van der Waals surface area contributed by atoms with Gasteiger partial charge in [0, 0.05) is 13.0 Å². The molecule has 0 fully saturated rings. The first-order valence-corrected chi connectivity index (χ1v) is 5.36. The molecule has 1 aromatic heterocycles. The summed E-state index contributed by atoms with van der Waals surface area (Å²) in [5.74, 6) is 2.27. The first-order valence-electron chi connectivity index (χ1n) is 5.36. The van der Waals surface area contributed by atoms with Crippen molar-refractivity contribution in [2.45, 2.75) is 40.0 Å². The van der Waals surface area contributed by atoms with E-state index in [4.69, 9.17) is 0 Å². The van der Waals surface area contributed by atoms with Crippen LogP contribution in [0.25, 0.3) is 0 Å². The van der Waals surface area contributed by atoms with Crippen LogP contribution in [0.2, 0.25) is 0 Å². The van der Waals surface area contributed by atoms with Crippen molar-refractivity contribution < 1.29 is 0 Å². The molecule has 0 amide bonds. The van der Waals surface area contributed by atoms with Gasteiger partial charge >= 0.3 is 0 Å². The lowest BCUT2D eigenvalue weighted by Crippen LogP contribution is -2.11. The van der Waals surface area contributed by atoms with Gasteiger partial charge in [0.25, 0.3) is 0 Å². The molecule has 0 unspecified atom stereocenters. The molecule has 78 valence electrons. The van der Waals surface area contributed by atoms with Crippen molar-refractivity contribution >= 4 is 5.82 Å². The quantitative estimate of drug-likeness (QED) is 0.718. The van der Waals surface area contributed by atoms with Gasteiger partial charge in [0.15, 0.2) is 0 Å². The molecule has 0 atom stereocenters. The molecule has 1 aliphatic heterocycles. The number of H-pyrrole nitrogens is 1. The van der Waals surface area contributed by atoms with Crippen LogP contribution in [0.1, 0.15) is 38.7 Å². The van der Waals surface area contributed by atoms with Crippen molar-refractivity contribution in [2.24, 2.45) is 5.41 Å². The average Bonchev–Trinajstić information content (AvgIpc) is 2.42. The fourth-order valence-electron chi connectivity index (χ4n) is 1.85. The Morgan fingerprint density at radius 2 is 2.14 bits per heavy atom. The monoisotopic (exact) mass is 193 g/mol. The number of nitrogens with one attached hydrogen (secondary N) is 2. The van der Waals surface area contributed by atoms with Gasteiger partial charge in [-0.2, -0.15) is 0 Å². The summed E-state index contributed by atoms with van der Waals surface area (Å²) >= 11 is 0. The second-order valence-electron chi connectivity index (χ2n) is 5.27. The number of fused-ring (bicyclic) bond motifs is 1. The Labute approximate surface area is 85.3 Å². The van der Waals surface area contributed by atoms with Gasteiger partial charge in [0.1, 0.15) is 11.6 Å². The average molecular weight is 193 g/mol. The van der Waals surface area contributed by atoms with Crippen LogP contribution in [0.3, 0.4) is 0 Å². The van der Waals surface area contributed by atoms with Gasteiger partial charge in [-0.05, 0) is 18.3 Å². The Morgan fingerprint density at radius 1 is 1.36 bits per heavy atom. The summed E-state index contributed by atoms with van der Waals surface area (Å²) in [5.41, 5.74) is 1.52. The minimum atomic E-state index is 0.306. The van der Waals surface area contributed by atoms with Gasteiger partial charge in [0.2, 0.25) is 0 Å². The topological polar surface area (TPSA) is 40.7 Å². The zero-order valence-corrected chi connectivity index (χ0v) is 9.28. The van der Waals surface area contributed by atoms with Gasteiger partial charge in [-0.15, -0.1) is 0 Å². The zero-order chi connectivity index (χ0) is 10.2. The van der Waals surface area contributed by atoms with Crippen molar-refractivity contribution in [3.63, 3.8) is 0 Å². The first kappa shape index (κ1) is 9.56. The number of rotatable bonds is 1. The van der Waals surface area contributed by atoms with E-state index in [1.54, 1.807) is 0 Å². The van der Waals surface area contributed by atoms with Crippen LogP contribution in [-0.4, -0.2) is 16.5 Å². The lowest BCUT2D eigenvalue weighted by Gasteiger charge is -2.15. The normalized spacial score (nSPS) is 16.2. The van der Waals surface area contributed by atoms with Crippen molar-refractivity contribution in [1.29, 1.82) is 0 Å². The van der Waals surface area contributed by atoms with Crippen LogP contribution in [0, 0.1) is 5.41 Å². The Bertz CT molecular complexity index is 296. The van der Waals surface area contributed by atoms with Crippen molar-refractivity contribution in [3.8, 4) is 0 Å². The maximum Gasteiger partial charge on any atom is 0.126 e. The molecule has 0 aromatic carbocycles. The van der Waals surface area contributed by atoms with Gasteiger partial charge < -0.3 is 10.3 Å². The summed E-state index contributed by atoms with van der Waals surface area (Å²) < 4.78 is 0. The minimum absolute atomic E-state index is 0.306. The van der Waals surface area contributed by atoms with E-state index in [-0.39, 0.29) is 0 Å². The molecule has 0 saturated carbocycles. The molecule has 2 rings (SSSR count). The third-order valence-electron chi connectivity index (χ3n) is 2.42. The Balaban J connectivity index is 2.16. The van der Waals surface area contributed by atoms with E-state index in [1.807, 2.05) is 0 Å². The number of hydrogen-bond donors (Lipinski definition) is 2. The van der Waals surface area contributed by atoms with Gasteiger partial charge in [-0.1, -0.05) is 20.8 Å². The second-order valence-corrected chi connectivity index (χ2v) is 5.27. The molecule has 1 aliphatic rings. The van der Waals surface area contributed by atoms with Crippen LogP contribution < -0.4 is 5.32 Å². The molecule has 14 heavy (non-hydrogen) atoms. The number of imidazole rings is 1. The molecule has 3 nitrogen and oxygen atoms in total. The Hall–Kier alpha value is -0.990. The van der Waals surface area contributed by atoms with E-state index in [9.17, 15) is 0 Å². The lowest BCUT2D eigenvalue weighted by molar-refractivity contribution is 0.402. The maximum atomic E-state index is 4.62. The summed E-state index contributed by atoms with van der Waals surface area (Å²) in [4.78, 5) is 7.99. The molecule has 0 saturated heterocycles. The van der Waals surface area contributed by atoms with E-state index in [2.05, 4.69) is 36.1 Å². The Kier molecular flexibility index (Phi) is 2.25. The molecule has 0 spiro atoms. The van der Waals surface area contributed by atoms with E-state index < -0.39 is 0 Å². The summed E-state index contributed by atoms with van der Waals surface area (Å²) in [7, 11) is 0. The number of aromatic amines is 1. The number of anilines is 1. The fourth-order valence-corrected chi connectivity index (χ4v) is 1.85. The molecule has 0 aliphatic carbocycles. The molecule has 3 heteroatoms. The number of nitrogens with zero attached hydrogens (tertiary/aromatic N) is 1. The maximum absolute atomic E-state index is 4.62. The smallest absolute Gasteiger partial charge is 0.126 e. The SMILES string of the molecule is CC(C)(C)Cc1nc2c([nH]1)NCCC2. The Morgan fingerprint density at radius 3 is 2.79 bits per heavy atom. The largest absolute Gasteiger partial charge is 0.370 e. The standard InChI is InChI=1S/C11H19N3/c1-11(2,3)7-9-13-8-5-4-6-12-10(8)14-9/h12H,4-7H2,1-3H3,(H,13,14). The van der Waals surface area contributed by atoms with Crippen LogP contribution in [-0.2, 0) is 12.8 Å². The highest BCUT2D eigenvalue weighted by Gasteiger charge is 2.18. The molecular formula is C11H19N3. The van der Waals surface area contributed by atoms with Crippen LogP contribution in [0.4, 0.5) is 5.82 Å². The fraction of sp³-hybridized carbons (Fsp3) is 0.727. The van der Waals surface area contributed by atoms with E-state index in [0.29, 0.717) is 5.41 Å². The summed E-state index contributed by atoms with van der Waals surface area (Å²) in [6.45, 7) is 7.79. The molecule has 0 bridgehead atoms. The van der Waals surface area contributed by atoms with Crippen molar-refractivity contribution in [3.05, 3.63) is 11.5 Å². The minimum Gasteiger partial charge on any atom is -0.370 e. The van der Waals surface area contributed by atoms with Gasteiger partial charge in [-0.3, -0.25) is 0 Å². The predicted octanol–water partition coefficient (Wildman–Crippen LogP) is 2.36. The van der Waals surface area contributed by atoms with E-state index >= 15 is 0 Å². The van der Waals surface area contributed by atoms with Gasteiger partial charge in [0.05, 0.1) is 5.69 Å². The summed E-state index contributed by atoms with van der Waals surface area (Å²) in [6, 6.07) is 0. The number of aromatic nitrogens is 2. The van der Waals surface area contributed by atoms with E-state index in [1.165, 1.54) is 12.1 Å². The summed E-state index contributed by atoms with van der Waals surface area (Å²) in [6.07, 6.45) is 3.33. The van der Waals surface area contributed by atoms with Gasteiger partial charge in [-0.25, -0.2) is 4.98 Å². The molecular weight excluding hydrogens is 174 g/mol. The third-order valence-corrected chi connectivity index (χ3v) is 2.42. The van der Waals surface area contributed by atoms with Crippen molar-refractivity contribution in [1.82, 2.24) is 9.97 Å². The number of hydrogen-bond acceptors (Lipinski definition) is 2. The third kappa shape index (κ3) is 2.08. The molecule has 2 heterocycles. The highest BCUT2D eigenvalue weighted by atomic mass is 15.1. The van der Waals surface area contributed by atoms with Crippen LogP contribution >= 0.6 is 0 Å². The highest BCUT2D eigenvalue weighted by molar-refractivity contribution is 5.43. The lowest BCUT2D eigenvalue weighted by atomic mass is 9.92. The first-order chi connectivity index (χ1) is 6.54. The number of aryl methyl sites for hydroxylation is 1. The van der Waals surface area contributed by atoms with Crippen LogP contribution in [0.5, 0.6) is 0 Å². The zero-order valence-electron chi connectivity index (χ0n) is 9.28. The summed E-state index contributed by atoms with van der Waals surface area (Å²) in [5, 5.41) is 3.35. The van der Waals surface area contributed by atoms with E-state index in [0.717, 1.165) is 31.0 Å². The van der Waals surface area contributed by atoms with Crippen molar-refractivity contribution in [2.75, 3.05) is 11.9 Å². The predicted molar refractivity (Wildman–Crippen MR) is 58.6 cm³/mol. The second kappa shape index (κ2) is 3.30. The molecule has 2 N–H and O–H groups in total. The highest BCUT2D eigenvalue weighted by Crippen LogP contribution is 2.23. The van der Waals surface area contributed by atoms with Crippen LogP contribution in [0.15, 0.2) is 0 Å².